The number of nitrogens with one attached hydrogen (secondary N) is 1. The number of carbonyl (C=O) groups excluding carboxylic acids is 1. The highest BCUT2D eigenvalue weighted by Crippen LogP contribution is 2.14. The summed E-state index contributed by atoms with van der Waals surface area (Å²) in [4.78, 5) is 25.4. The molecule has 1 rings (SSSR count). The molecule has 1 aromatic heterocycles. The molecular formula is C11H11F3N2O3. The van der Waals surface area contributed by atoms with Crippen molar-refractivity contribution in [3.63, 3.8) is 0 Å². The Hall–Kier alpha value is -2.12. The van der Waals surface area contributed by atoms with E-state index in [9.17, 15) is 22.8 Å². The van der Waals surface area contributed by atoms with Crippen LogP contribution in [-0.2, 0) is 16.0 Å². The summed E-state index contributed by atoms with van der Waals surface area (Å²) >= 11 is 0. The molecule has 2 N–H and O–H groups in total. The number of halogens is 3. The highest BCUT2D eigenvalue weighted by Gasteiger charge is 2.39. The summed E-state index contributed by atoms with van der Waals surface area (Å²) in [7, 11) is 0. The van der Waals surface area contributed by atoms with Crippen LogP contribution in [0.1, 0.15) is 5.69 Å². The molecule has 1 aromatic rings. The summed E-state index contributed by atoms with van der Waals surface area (Å²) in [6.07, 6.45) is -3.63. The van der Waals surface area contributed by atoms with E-state index in [4.69, 9.17) is 5.11 Å². The highest BCUT2D eigenvalue weighted by molar-refractivity contribution is 5.82. The molecule has 0 saturated carbocycles. The monoisotopic (exact) mass is 276 g/mol. The summed E-state index contributed by atoms with van der Waals surface area (Å²) in [6, 6.07) is 4.82. The number of aromatic nitrogens is 1. The minimum atomic E-state index is -5.02. The first-order valence-electron chi connectivity index (χ1n) is 5.28. The lowest BCUT2D eigenvalue weighted by Crippen LogP contribution is -2.41. The smallest absolute Gasteiger partial charge is 0.471 e. The Balaban J connectivity index is 2.60. The molecule has 0 aliphatic rings. The molecule has 0 aliphatic heterocycles. The van der Waals surface area contributed by atoms with Gasteiger partial charge in [-0.2, -0.15) is 13.2 Å². The van der Waals surface area contributed by atoms with Gasteiger partial charge in [-0.05, 0) is 12.1 Å². The van der Waals surface area contributed by atoms with Gasteiger partial charge in [0, 0.05) is 24.9 Å². The second kappa shape index (κ2) is 6.17. The van der Waals surface area contributed by atoms with Gasteiger partial charge in [0.05, 0.1) is 5.92 Å². The number of hydrogen-bond acceptors (Lipinski definition) is 3. The molecule has 19 heavy (non-hydrogen) atoms. The molecule has 0 saturated heterocycles. The van der Waals surface area contributed by atoms with Gasteiger partial charge in [0.25, 0.3) is 0 Å². The van der Waals surface area contributed by atoms with Crippen LogP contribution in [0.5, 0.6) is 0 Å². The topological polar surface area (TPSA) is 79.3 Å². The van der Waals surface area contributed by atoms with E-state index in [-0.39, 0.29) is 6.42 Å². The number of aliphatic carboxylic acids is 1. The highest BCUT2D eigenvalue weighted by atomic mass is 19.4. The quantitative estimate of drug-likeness (QED) is 0.841. The molecule has 8 heteroatoms. The summed E-state index contributed by atoms with van der Waals surface area (Å²) in [5, 5.41) is 10.4. The summed E-state index contributed by atoms with van der Waals surface area (Å²) < 4.78 is 35.9. The molecular weight excluding hydrogens is 265 g/mol. The Morgan fingerprint density at radius 2 is 2.05 bits per heavy atom. The molecule has 1 heterocycles. The molecule has 1 amide bonds. The maximum absolute atomic E-state index is 12.0. The van der Waals surface area contributed by atoms with E-state index < -0.39 is 30.5 Å². The number of carboxylic acids is 1. The Bertz CT molecular complexity index is 448. The summed E-state index contributed by atoms with van der Waals surface area (Å²) in [5.74, 6) is -4.62. The third-order valence-electron chi connectivity index (χ3n) is 2.30. The van der Waals surface area contributed by atoms with Gasteiger partial charge in [0.15, 0.2) is 0 Å². The molecule has 0 spiro atoms. The molecule has 5 nitrogen and oxygen atoms in total. The summed E-state index contributed by atoms with van der Waals surface area (Å²) in [5.41, 5.74) is 0.427. The number of pyridine rings is 1. The van der Waals surface area contributed by atoms with E-state index in [0.29, 0.717) is 5.69 Å². The first-order valence-corrected chi connectivity index (χ1v) is 5.28. The maximum atomic E-state index is 12.0. The molecule has 0 aromatic carbocycles. The van der Waals surface area contributed by atoms with Crippen LogP contribution in [-0.4, -0.2) is 34.7 Å². The van der Waals surface area contributed by atoms with Crippen molar-refractivity contribution >= 4 is 11.9 Å². The first-order chi connectivity index (χ1) is 8.80. The van der Waals surface area contributed by atoms with Crippen molar-refractivity contribution in [3.8, 4) is 0 Å². The average Bonchev–Trinajstić information content (AvgIpc) is 2.33. The van der Waals surface area contributed by atoms with E-state index in [2.05, 4.69) is 4.98 Å². The van der Waals surface area contributed by atoms with Gasteiger partial charge < -0.3 is 10.4 Å². The number of carbonyl (C=O) groups is 2. The van der Waals surface area contributed by atoms with Gasteiger partial charge in [-0.1, -0.05) is 6.07 Å². The van der Waals surface area contributed by atoms with Crippen LogP contribution in [0.25, 0.3) is 0 Å². The van der Waals surface area contributed by atoms with Crippen molar-refractivity contribution in [2.45, 2.75) is 12.6 Å². The number of rotatable bonds is 5. The molecule has 1 atom stereocenters. The lowest BCUT2D eigenvalue weighted by atomic mass is 10.0. The lowest BCUT2D eigenvalue weighted by molar-refractivity contribution is -0.174. The Morgan fingerprint density at radius 1 is 1.37 bits per heavy atom. The number of alkyl halides is 3. The van der Waals surface area contributed by atoms with Crippen molar-refractivity contribution in [2.24, 2.45) is 5.92 Å². The second-order valence-corrected chi connectivity index (χ2v) is 3.77. The van der Waals surface area contributed by atoms with E-state index >= 15 is 0 Å². The van der Waals surface area contributed by atoms with Crippen molar-refractivity contribution in [1.82, 2.24) is 10.3 Å². The van der Waals surface area contributed by atoms with Crippen molar-refractivity contribution in [2.75, 3.05) is 6.54 Å². The molecule has 0 bridgehead atoms. The zero-order chi connectivity index (χ0) is 14.5. The number of nitrogens with zero attached hydrogens (tertiary/aromatic N) is 1. The zero-order valence-corrected chi connectivity index (χ0v) is 9.65. The minimum absolute atomic E-state index is 0.0612. The normalized spacial score (nSPS) is 12.8. The van der Waals surface area contributed by atoms with Crippen LogP contribution in [0.3, 0.4) is 0 Å². The third kappa shape index (κ3) is 4.94. The van der Waals surface area contributed by atoms with Crippen LogP contribution in [0.2, 0.25) is 0 Å². The molecule has 104 valence electrons. The average molecular weight is 276 g/mol. The standard InChI is InChI=1S/C11H11F3N2O3/c12-11(13,14)10(19)16-6-7(9(17)18)5-8-3-1-2-4-15-8/h1-4,7H,5-6H2,(H,16,19)(H,17,18). The van der Waals surface area contributed by atoms with E-state index in [1.807, 2.05) is 0 Å². The van der Waals surface area contributed by atoms with Crippen LogP contribution in [0.4, 0.5) is 13.2 Å². The van der Waals surface area contributed by atoms with Crippen molar-refractivity contribution < 1.29 is 27.9 Å². The largest absolute Gasteiger partial charge is 0.481 e. The molecule has 0 radical (unpaired) electrons. The van der Waals surface area contributed by atoms with Crippen LogP contribution >= 0.6 is 0 Å². The number of amides is 1. The predicted molar refractivity (Wildman–Crippen MR) is 58.1 cm³/mol. The van der Waals surface area contributed by atoms with Gasteiger partial charge in [-0.25, -0.2) is 0 Å². The molecule has 1 unspecified atom stereocenters. The predicted octanol–water partition coefficient (Wildman–Crippen LogP) is 1.00. The Labute approximate surface area is 106 Å². The maximum Gasteiger partial charge on any atom is 0.471 e. The Morgan fingerprint density at radius 3 is 2.53 bits per heavy atom. The zero-order valence-electron chi connectivity index (χ0n) is 9.65. The number of carboxylic acid groups (broad SMARTS) is 1. The Kier molecular flexibility index (Phi) is 4.85. The fourth-order valence-corrected chi connectivity index (χ4v) is 1.33. The van der Waals surface area contributed by atoms with Gasteiger partial charge in [0.2, 0.25) is 0 Å². The SMILES string of the molecule is O=C(O)C(CNC(=O)C(F)(F)F)Cc1ccccn1. The van der Waals surface area contributed by atoms with Gasteiger partial charge in [-0.15, -0.1) is 0 Å². The molecule has 0 aliphatic carbocycles. The van der Waals surface area contributed by atoms with Crippen molar-refractivity contribution in [3.05, 3.63) is 30.1 Å². The van der Waals surface area contributed by atoms with Crippen LogP contribution < -0.4 is 5.32 Å². The fraction of sp³-hybridized carbons (Fsp3) is 0.364. The van der Waals surface area contributed by atoms with Gasteiger partial charge in [-0.3, -0.25) is 14.6 Å². The van der Waals surface area contributed by atoms with E-state index in [0.717, 1.165) is 0 Å². The van der Waals surface area contributed by atoms with Crippen LogP contribution in [0, 0.1) is 5.92 Å². The fourth-order valence-electron chi connectivity index (χ4n) is 1.33. The van der Waals surface area contributed by atoms with Gasteiger partial charge in [0.1, 0.15) is 0 Å². The van der Waals surface area contributed by atoms with E-state index in [1.54, 1.807) is 23.5 Å². The summed E-state index contributed by atoms with van der Waals surface area (Å²) in [6.45, 7) is -0.607. The molecule has 0 fully saturated rings. The van der Waals surface area contributed by atoms with Crippen molar-refractivity contribution in [1.29, 1.82) is 0 Å². The minimum Gasteiger partial charge on any atom is -0.481 e. The van der Waals surface area contributed by atoms with Crippen LogP contribution in [0.15, 0.2) is 24.4 Å². The third-order valence-corrected chi connectivity index (χ3v) is 2.30. The lowest BCUT2D eigenvalue weighted by Gasteiger charge is -2.13. The second-order valence-electron chi connectivity index (χ2n) is 3.77. The van der Waals surface area contributed by atoms with Gasteiger partial charge >= 0.3 is 18.1 Å². The first kappa shape index (κ1) is 14.9. The van der Waals surface area contributed by atoms with E-state index in [1.165, 1.54) is 6.20 Å². The number of hydrogen-bond donors (Lipinski definition) is 2.